The molecule has 4 nitrogen and oxygen atoms in total. The second-order valence-electron chi connectivity index (χ2n) is 5.52. The van der Waals surface area contributed by atoms with Crippen molar-refractivity contribution < 1.29 is 4.79 Å². The Hall–Kier alpha value is -1.10. The molecule has 21 heavy (non-hydrogen) atoms. The standard InChI is InChI=1S/C16H24ClN3O/c1-2-20(11-15-4-3-9-18-15)12-16(21)19-10-13-5-7-14(17)8-6-13/h5-8,15,18H,2-4,9-12H2,1H3,(H,19,21). The molecule has 1 unspecified atom stereocenters. The van der Waals surface area contributed by atoms with E-state index >= 15 is 0 Å². The van der Waals surface area contributed by atoms with Crippen molar-refractivity contribution in [3.05, 3.63) is 34.9 Å². The summed E-state index contributed by atoms with van der Waals surface area (Å²) < 4.78 is 0. The number of nitrogens with one attached hydrogen (secondary N) is 2. The third-order valence-corrected chi connectivity index (χ3v) is 4.11. The van der Waals surface area contributed by atoms with Crippen molar-refractivity contribution in [2.45, 2.75) is 32.4 Å². The molecule has 0 spiro atoms. The smallest absolute Gasteiger partial charge is 0.234 e. The van der Waals surface area contributed by atoms with Gasteiger partial charge in [-0.15, -0.1) is 0 Å². The van der Waals surface area contributed by atoms with Gasteiger partial charge in [0.15, 0.2) is 0 Å². The molecule has 1 aromatic rings. The summed E-state index contributed by atoms with van der Waals surface area (Å²) >= 11 is 5.84. The third kappa shape index (κ3) is 5.65. The predicted octanol–water partition coefficient (Wildman–Crippen LogP) is 2.03. The maximum absolute atomic E-state index is 12.0. The number of hydrogen-bond donors (Lipinski definition) is 2. The Labute approximate surface area is 131 Å². The first-order valence-electron chi connectivity index (χ1n) is 7.64. The van der Waals surface area contributed by atoms with Gasteiger partial charge in [0.05, 0.1) is 6.54 Å². The minimum absolute atomic E-state index is 0.0739. The first-order valence-corrected chi connectivity index (χ1v) is 8.02. The molecule has 0 bridgehead atoms. The molecule has 1 atom stereocenters. The number of hydrogen-bond acceptors (Lipinski definition) is 3. The quantitative estimate of drug-likeness (QED) is 0.810. The van der Waals surface area contributed by atoms with Gasteiger partial charge in [-0.05, 0) is 43.6 Å². The third-order valence-electron chi connectivity index (χ3n) is 3.86. The first-order chi connectivity index (χ1) is 10.2. The van der Waals surface area contributed by atoms with Crippen molar-refractivity contribution in [2.24, 2.45) is 0 Å². The van der Waals surface area contributed by atoms with Gasteiger partial charge < -0.3 is 10.6 Å². The van der Waals surface area contributed by atoms with E-state index in [1.165, 1.54) is 12.8 Å². The van der Waals surface area contributed by atoms with E-state index in [0.717, 1.165) is 25.2 Å². The van der Waals surface area contributed by atoms with E-state index in [9.17, 15) is 4.79 Å². The summed E-state index contributed by atoms with van der Waals surface area (Å²) in [5, 5.41) is 7.15. The van der Waals surface area contributed by atoms with E-state index < -0.39 is 0 Å². The molecule has 2 rings (SSSR count). The zero-order valence-corrected chi connectivity index (χ0v) is 13.3. The van der Waals surface area contributed by atoms with Gasteiger partial charge in [0.25, 0.3) is 0 Å². The van der Waals surface area contributed by atoms with E-state index in [0.29, 0.717) is 24.2 Å². The van der Waals surface area contributed by atoms with Crippen LogP contribution in [0.2, 0.25) is 5.02 Å². The van der Waals surface area contributed by atoms with Crippen LogP contribution < -0.4 is 10.6 Å². The van der Waals surface area contributed by atoms with Crippen LogP contribution in [-0.2, 0) is 11.3 Å². The number of likely N-dealkylation sites (N-methyl/N-ethyl adjacent to an activating group) is 1. The van der Waals surface area contributed by atoms with Gasteiger partial charge in [-0.25, -0.2) is 0 Å². The van der Waals surface area contributed by atoms with Crippen LogP contribution in [0.5, 0.6) is 0 Å². The van der Waals surface area contributed by atoms with Gasteiger partial charge in [-0.2, -0.15) is 0 Å². The lowest BCUT2D eigenvalue weighted by atomic mass is 10.2. The lowest BCUT2D eigenvalue weighted by Crippen LogP contribution is -2.43. The Kier molecular flexibility index (Phi) is 6.49. The molecular weight excluding hydrogens is 286 g/mol. The number of benzene rings is 1. The van der Waals surface area contributed by atoms with Crippen molar-refractivity contribution >= 4 is 17.5 Å². The highest BCUT2D eigenvalue weighted by Crippen LogP contribution is 2.09. The van der Waals surface area contributed by atoms with E-state index in [4.69, 9.17) is 11.6 Å². The molecule has 1 fully saturated rings. The number of carbonyl (C=O) groups excluding carboxylic acids is 1. The second kappa shape index (κ2) is 8.37. The fraction of sp³-hybridized carbons (Fsp3) is 0.562. The van der Waals surface area contributed by atoms with E-state index in [1.54, 1.807) is 0 Å². The van der Waals surface area contributed by atoms with Crippen molar-refractivity contribution in [2.75, 3.05) is 26.2 Å². The fourth-order valence-corrected chi connectivity index (χ4v) is 2.72. The molecule has 1 aliphatic heterocycles. The molecule has 0 aromatic heterocycles. The van der Waals surface area contributed by atoms with Crippen LogP contribution in [0.25, 0.3) is 0 Å². The minimum atomic E-state index is 0.0739. The Morgan fingerprint density at radius 2 is 2.19 bits per heavy atom. The molecule has 116 valence electrons. The van der Waals surface area contributed by atoms with Gasteiger partial charge in [0, 0.05) is 24.2 Å². The SMILES string of the molecule is CCN(CC(=O)NCc1ccc(Cl)cc1)CC1CCCN1. The van der Waals surface area contributed by atoms with Crippen molar-refractivity contribution in [3.8, 4) is 0 Å². The van der Waals surface area contributed by atoms with Crippen LogP contribution in [-0.4, -0.2) is 43.0 Å². The van der Waals surface area contributed by atoms with Gasteiger partial charge >= 0.3 is 0 Å². The lowest BCUT2D eigenvalue weighted by Gasteiger charge is -2.23. The zero-order valence-electron chi connectivity index (χ0n) is 12.6. The van der Waals surface area contributed by atoms with Crippen LogP contribution in [0.15, 0.2) is 24.3 Å². The molecule has 0 aliphatic carbocycles. The lowest BCUT2D eigenvalue weighted by molar-refractivity contribution is -0.122. The van der Waals surface area contributed by atoms with Crippen molar-refractivity contribution in [1.29, 1.82) is 0 Å². The Morgan fingerprint density at radius 1 is 1.43 bits per heavy atom. The number of halogens is 1. The number of amides is 1. The molecule has 1 heterocycles. The molecule has 0 saturated carbocycles. The number of carbonyl (C=O) groups is 1. The summed E-state index contributed by atoms with van der Waals surface area (Å²) in [5.41, 5.74) is 1.06. The Balaban J connectivity index is 1.72. The maximum atomic E-state index is 12.0. The highest BCUT2D eigenvalue weighted by atomic mass is 35.5. The summed E-state index contributed by atoms with van der Waals surface area (Å²) in [6.45, 7) is 6.06. The topological polar surface area (TPSA) is 44.4 Å². The molecule has 5 heteroatoms. The molecule has 1 aliphatic rings. The summed E-state index contributed by atoms with van der Waals surface area (Å²) in [5.74, 6) is 0.0739. The van der Waals surface area contributed by atoms with E-state index in [2.05, 4.69) is 22.5 Å². The molecular formula is C16H24ClN3O. The predicted molar refractivity (Wildman–Crippen MR) is 86.4 cm³/mol. The molecule has 2 N–H and O–H groups in total. The molecule has 1 amide bonds. The van der Waals surface area contributed by atoms with Crippen LogP contribution in [0.1, 0.15) is 25.3 Å². The average molecular weight is 310 g/mol. The monoisotopic (exact) mass is 309 g/mol. The summed E-state index contributed by atoms with van der Waals surface area (Å²) in [6, 6.07) is 8.08. The number of nitrogens with zero attached hydrogens (tertiary/aromatic N) is 1. The van der Waals surface area contributed by atoms with Gasteiger partial charge in [0.2, 0.25) is 5.91 Å². The average Bonchev–Trinajstić information content (AvgIpc) is 2.99. The highest BCUT2D eigenvalue weighted by molar-refractivity contribution is 6.30. The minimum Gasteiger partial charge on any atom is -0.351 e. The van der Waals surface area contributed by atoms with Crippen molar-refractivity contribution in [1.82, 2.24) is 15.5 Å². The second-order valence-corrected chi connectivity index (χ2v) is 5.96. The van der Waals surface area contributed by atoms with Crippen LogP contribution in [0, 0.1) is 0 Å². The van der Waals surface area contributed by atoms with Crippen LogP contribution in [0.4, 0.5) is 0 Å². The largest absolute Gasteiger partial charge is 0.351 e. The summed E-state index contributed by atoms with van der Waals surface area (Å²) in [7, 11) is 0. The molecule has 0 radical (unpaired) electrons. The highest BCUT2D eigenvalue weighted by Gasteiger charge is 2.18. The zero-order chi connectivity index (χ0) is 15.1. The fourth-order valence-electron chi connectivity index (χ4n) is 2.59. The number of rotatable bonds is 7. The van der Waals surface area contributed by atoms with Crippen molar-refractivity contribution in [3.63, 3.8) is 0 Å². The van der Waals surface area contributed by atoms with Crippen LogP contribution in [0.3, 0.4) is 0 Å². The maximum Gasteiger partial charge on any atom is 0.234 e. The van der Waals surface area contributed by atoms with E-state index in [-0.39, 0.29) is 5.91 Å². The molecule has 1 saturated heterocycles. The van der Waals surface area contributed by atoms with Gasteiger partial charge in [-0.1, -0.05) is 30.7 Å². The van der Waals surface area contributed by atoms with Crippen LogP contribution >= 0.6 is 11.6 Å². The van der Waals surface area contributed by atoms with Gasteiger partial charge in [-0.3, -0.25) is 9.69 Å². The molecule has 1 aromatic carbocycles. The normalized spacial score (nSPS) is 18.1. The Morgan fingerprint density at radius 3 is 2.81 bits per heavy atom. The van der Waals surface area contributed by atoms with E-state index in [1.807, 2.05) is 24.3 Å². The Bertz CT molecular complexity index is 443. The van der Waals surface area contributed by atoms with Gasteiger partial charge in [0.1, 0.15) is 0 Å². The summed E-state index contributed by atoms with van der Waals surface area (Å²) in [6.07, 6.45) is 2.45. The summed E-state index contributed by atoms with van der Waals surface area (Å²) in [4.78, 5) is 14.2. The first kappa shape index (κ1) is 16.3.